The molecular formula is C19H26N4O2. The van der Waals surface area contributed by atoms with Crippen molar-refractivity contribution in [2.75, 3.05) is 31.2 Å². The van der Waals surface area contributed by atoms with Crippen LogP contribution in [0.1, 0.15) is 40.3 Å². The van der Waals surface area contributed by atoms with E-state index in [4.69, 9.17) is 4.74 Å². The number of rotatable bonds is 4. The van der Waals surface area contributed by atoms with Crippen LogP contribution in [0.5, 0.6) is 0 Å². The SMILES string of the molecule is Cc1nn(C)c(C)c1C(=O)NC(C)c1ccc(N2CCOCC2)cc1. The molecule has 6 heteroatoms. The smallest absolute Gasteiger partial charge is 0.255 e. The molecular weight excluding hydrogens is 316 g/mol. The number of carbonyl (C=O) groups is 1. The van der Waals surface area contributed by atoms with Crippen LogP contribution in [0.25, 0.3) is 0 Å². The zero-order chi connectivity index (χ0) is 18.0. The maximum absolute atomic E-state index is 12.6. The Labute approximate surface area is 148 Å². The molecule has 1 N–H and O–H groups in total. The van der Waals surface area contributed by atoms with Crippen molar-refractivity contribution in [3.8, 4) is 0 Å². The van der Waals surface area contributed by atoms with Crippen LogP contribution < -0.4 is 10.2 Å². The van der Waals surface area contributed by atoms with Gasteiger partial charge in [-0.05, 0) is 38.5 Å². The molecule has 1 unspecified atom stereocenters. The van der Waals surface area contributed by atoms with Gasteiger partial charge in [0.1, 0.15) is 0 Å². The van der Waals surface area contributed by atoms with Gasteiger partial charge < -0.3 is 15.0 Å². The van der Waals surface area contributed by atoms with E-state index in [-0.39, 0.29) is 11.9 Å². The molecule has 25 heavy (non-hydrogen) atoms. The summed E-state index contributed by atoms with van der Waals surface area (Å²) in [6.07, 6.45) is 0. The monoisotopic (exact) mass is 342 g/mol. The van der Waals surface area contributed by atoms with E-state index in [1.807, 2.05) is 27.8 Å². The third-order valence-corrected chi connectivity index (χ3v) is 4.85. The molecule has 1 aliphatic heterocycles. The number of carbonyl (C=O) groups excluding carboxylic acids is 1. The van der Waals surface area contributed by atoms with Gasteiger partial charge in [-0.1, -0.05) is 12.1 Å². The van der Waals surface area contributed by atoms with E-state index in [1.165, 1.54) is 5.69 Å². The summed E-state index contributed by atoms with van der Waals surface area (Å²) in [5.41, 5.74) is 4.59. The second kappa shape index (κ2) is 7.27. The minimum Gasteiger partial charge on any atom is -0.378 e. The van der Waals surface area contributed by atoms with Crippen molar-refractivity contribution in [1.29, 1.82) is 0 Å². The molecule has 1 aromatic carbocycles. The van der Waals surface area contributed by atoms with Crippen molar-refractivity contribution in [2.45, 2.75) is 26.8 Å². The summed E-state index contributed by atoms with van der Waals surface area (Å²) < 4.78 is 7.14. The number of aryl methyl sites for hydroxylation is 2. The van der Waals surface area contributed by atoms with Gasteiger partial charge in [-0.3, -0.25) is 9.48 Å². The van der Waals surface area contributed by atoms with Crippen LogP contribution in [0.15, 0.2) is 24.3 Å². The summed E-state index contributed by atoms with van der Waals surface area (Å²) in [6.45, 7) is 9.18. The number of nitrogens with one attached hydrogen (secondary N) is 1. The highest BCUT2D eigenvalue weighted by Crippen LogP contribution is 2.21. The molecule has 134 valence electrons. The van der Waals surface area contributed by atoms with E-state index in [9.17, 15) is 4.79 Å². The molecule has 6 nitrogen and oxygen atoms in total. The van der Waals surface area contributed by atoms with E-state index in [0.717, 1.165) is 43.3 Å². The predicted octanol–water partition coefficient (Wildman–Crippen LogP) is 2.36. The van der Waals surface area contributed by atoms with E-state index in [0.29, 0.717) is 5.56 Å². The first-order valence-corrected chi connectivity index (χ1v) is 8.71. The molecule has 3 rings (SSSR count). The van der Waals surface area contributed by atoms with E-state index < -0.39 is 0 Å². The average Bonchev–Trinajstić information content (AvgIpc) is 2.88. The fourth-order valence-corrected chi connectivity index (χ4v) is 3.25. The number of nitrogens with zero attached hydrogens (tertiary/aromatic N) is 3. The van der Waals surface area contributed by atoms with Crippen molar-refractivity contribution in [2.24, 2.45) is 7.05 Å². The van der Waals surface area contributed by atoms with E-state index in [2.05, 4.69) is 39.6 Å². The third-order valence-electron chi connectivity index (χ3n) is 4.85. The Bertz CT molecular complexity index is 746. The van der Waals surface area contributed by atoms with Gasteiger partial charge in [-0.15, -0.1) is 0 Å². The number of ether oxygens (including phenoxy) is 1. The number of aromatic nitrogens is 2. The van der Waals surface area contributed by atoms with Gasteiger partial charge in [0.2, 0.25) is 0 Å². The summed E-state index contributed by atoms with van der Waals surface area (Å²) in [7, 11) is 1.85. The highest BCUT2D eigenvalue weighted by atomic mass is 16.5. The lowest BCUT2D eigenvalue weighted by Gasteiger charge is -2.29. The lowest BCUT2D eigenvalue weighted by atomic mass is 10.1. The molecule has 1 fully saturated rings. The molecule has 0 radical (unpaired) electrons. The number of hydrogen-bond acceptors (Lipinski definition) is 4. The van der Waals surface area contributed by atoms with Gasteiger partial charge >= 0.3 is 0 Å². The van der Waals surface area contributed by atoms with E-state index >= 15 is 0 Å². The standard InChI is InChI=1S/C19H26N4O2/c1-13(20-19(24)18-14(2)21-22(4)15(18)3)16-5-7-17(8-6-16)23-9-11-25-12-10-23/h5-8,13H,9-12H2,1-4H3,(H,20,24). The summed E-state index contributed by atoms with van der Waals surface area (Å²) in [4.78, 5) is 14.9. The average molecular weight is 342 g/mol. The van der Waals surface area contributed by atoms with E-state index in [1.54, 1.807) is 4.68 Å². The zero-order valence-electron chi connectivity index (χ0n) is 15.4. The summed E-state index contributed by atoms with van der Waals surface area (Å²) in [5, 5.41) is 7.40. The summed E-state index contributed by atoms with van der Waals surface area (Å²) in [5.74, 6) is -0.0761. The first-order chi connectivity index (χ1) is 12.0. The maximum atomic E-state index is 12.6. The molecule has 2 heterocycles. The lowest BCUT2D eigenvalue weighted by molar-refractivity contribution is 0.0938. The maximum Gasteiger partial charge on any atom is 0.255 e. The van der Waals surface area contributed by atoms with Gasteiger partial charge in [-0.2, -0.15) is 5.10 Å². The number of hydrogen-bond donors (Lipinski definition) is 1. The van der Waals surface area contributed by atoms with Gasteiger partial charge in [0.15, 0.2) is 0 Å². The van der Waals surface area contributed by atoms with Crippen LogP contribution in [0.2, 0.25) is 0 Å². The molecule has 1 atom stereocenters. The molecule has 0 saturated carbocycles. The van der Waals surface area contributed by atoms with Gasteiger partial charge in [0.05, 0.1) is 30.5 Å². The van der Waals surface area contributed by atoms with Crippen molar-refractivity contribution >= 4 is 11.6 Å². The lowest BCUT2D eigenvalue weighted by Crippen LogP contribution is -2.36. The van der Waals surface area contributed by atoms with Gasteiger partial charge in [0, 0.05) is 31.5 Å². The normalized spacial score (nSPS) is 15.9. The molecule has 1 amide bonds. The number of benzene rings is 1. The largest absolute Gasteiger partial charge is 0.378 e. The summed E-state index contributed by atoms with van der Waals surface area (Å²) >= 11 is 0. The molecule has 0 bridgehead atoms. The third kappa shape index (κ3) is 3.69. The minimum absolute atomic E-state index is 0.0646. The first kappa shape index (κ1) is 17.5. The Morgan fingerprint density at radius 2 is 1.84 bits per heavy atom. The first-order valence-electron chi connectivity index (χ1n) is 8.71. The number of amides is 1. The van der Waals surface area contributed by atoms with Crippen LogP contribution in [-0.4, -0.2) is 42.0 Å². The van der Waals surface area contributed by atoms with Crippen LogP contribution >= 0.6 is 0 Å². The van der Waals surface area contributed by atoms with Gasteiger partial charge in [-0.25, -0.2) is 0 Å². The van der Waals surface area contributed by atoms with Crippen LogP contribution in [0.4, 0.5) is 5.69 Å². The second-order valence-electron chi connectivity index (χ2n) is 6.56. The number of morpholine rings is 1. The van der Waals surface area contributed by atoms with Crippen molar-refractivity contribution in [3.63, 3.8) is 0 Å². The topological polar surface area (TPSA) is 59.4 Å². The molecule has 0 spiro atoms. The Morgan fingerprint density at radius 1 is 1.20 bits per heavy atom. The highest BCUT2D eigenvalue weighted by molar-refractivity contribution is 5.96. The Hall–Kier alpha value is -2.34. The molecule has 1 saturated heterocycles. The Morgan fingerprint density at radius 3 is 2.40 bits per heavy atom. The van der Waals surface area contributed by atoms with Crippen LogP contribution in [-0.2, 0) is 11.8 Å². The van der Waals surface area contributed by atoms with Gasteiger partial charge in [0.25, 0.3) is 5.91 Å². The Kier molecular flexibility index (Phi) is 5.08. The predicted molar refractivity (Wildman–Crippen MR) is 98.0 cm³/mol. The highest BCUT2D eigenvalue weighted by Gasteiger charge is 2.19. The van der Waals surface area contributed by atoms with Crippen LogP contribution in [0, 0.1) is 13.8 Å². The fraction of sp³-hybridized carbons (Fsp3) is 0.474. The minimum atomic E-state index is -0.0761. The fourth-order valence-electron chi connectivity index (χ4n) is 3.25. The van der Waals surface area contributed by atoms with Crippen LogP contribution in [0.3, 0.4) is 0 Å². The van der Waals surface area contributed by atoms with Crippen molar-refractivity contribution in [3.05, 3.63) is 46.8 Å². The molecule has 0 aliphatic carbocycles. The quantitative estimate of drug-likeness (QED) is 0.927. The zero-order valence-corrected chi connectivity index (χ0v) is 15.4. The van der Waals surface area contributed by atoms with Crippen molar-refractivity contribution in [1.82, 2.24) is 15.1 Å². The molecule has 1 aromatic heterocycles. The van der Waals surface area contributed by atoms with Crippen molar-refractivity contribution < 1.29 is 9.53 Å². The number of anilines is 1. The summed E-state index contributed by atoms with van der Waals surface area (Å²) in [6, 6.07) is 8.33. The molecule has 2 aromatic rings. The Balaban J connectivity index is 1.68. The molecule has 1 aliphatic rings. The second-order valence-corrected chi connectivity index (χ2v) is 6.56.